The van der Waals surface area contributed by atoms with Gasteiger partial charge in [-0.3, -0.25) is 4.90 Å². The number of nitrogens with one attached hydrogen (secondary N) is 1. The Morgan fingerprint density at radius 1 is 1.14 bits per heavy atom. The average molecular weight is 627 g/mol. The molecule has 43 heavy (non-hydrogen) atoms. The summed E-state index contributed by atoms with van der Waals surface area (Å²) in [5.41, 5.74) is 8.81. The third-order valence-electron chi connectivity index (χ3n) is 8.06. The number of nitrogen functional groups attached to an aromatic ring is 1. The van der Waals surface area contributed by atoms with Gasteiger partial charge in [-0.05, 0) is 42.5 Å². The van der Waals surface area contributed by atoms with E-state index in [1.54, 1.807) is 10.7 Å². The predicted molar refractivity (Wildman–Crippen MR) is 168 cm³/mol. The monoisotopic (exact) mass is 625 g/mol. The number of benzene rings is 2. The minimum atomic E-state index is -0.621. The molecule has 1 unspecified atom stereocenters. The van der Waals surface area contributed by atoms with Crippen LogP contribution >= 0.6 is 24.8 Å². The SMILES string of the molecule is CC(c1oc(=O)c2ccccc2c1C1=CCCN(C2CNC2)C1)n1nc(-c2cc(O)cc(F)c2)c2c(N)ncnc21.Cl.Cl. The molecule has 2 aromatic carbocycles. The van der Waals surface area contributed by atoms with E-state index >= 15 is 0 Å². The Kier molecular flexibility index (Phi) is 8.44. The number of aromatic nitrogens is 4. The maximum absolute atomic E-state index is 14.3. The topological polar surface area (TPSA) is 135 Å². The second-order valence-electron chi connectivity index (χ2n) is 10.6. The Labute approximate surface area is 258 Å². The summed E-state index contributed by atoms with van der Waals surface area (Å²) in [5.74, 6) is -0.259. The zero-order valence-corrected chi connectivity index (χ0v) is 24.8. The van der Waals surface area contributed by atoms with Crippen molar-refractivity contribution in [2.75, 3.05) is 31.9 Å². The number of nitrogens with two attached hydrogens (primary N) is 1. The highest BCUT2D eigenvalue weighted by molar-refractivity contribution is 5.99. The van der Waals surface area contributed by atoms with Crippen LogP contribution in [-0.4, -0.2) is 62.0 Å². The molecule has 1 fully saturated rings. The molecule has 2 aliphatic heterocycles. The number of hydrogen-bond donors (Lipinski definition) is 3. The highest BCUT2D eigenvalue weighted by atomic mass is 35.5. The van der Waals surface area contributed by atoms with Crippen LogP contribution in [0.2, 0.25) is 0 Å². The fraction of sp³-hybridized carbons (Fsp3) is 0.267. The molecule has 13 heteroatoms. The molecular formula is C30H30Cl2FN7O3. The van der Waals surface area contributed by atoms with Crippen molar-refractivity contribution in [2.24, 2.45) is 0 Å². The highest BCUT2D eigenvalue weighted by Crippen LogP contribution is 2.38. The summed E-state index contributed by atoms with van der Waals surface area (Å²) in [5, 5.41) is 20.0. The van der Waals surface area contributed by atoms with Gasteiger partial charge in [-0.1, -0.05) is 24.3 Å². The van der Waals surface area contributed by atoms with E-state index in [-0.39, 0.29) is 36.4 Å². The van der Waals surface area contributed by atoms with E-state index in [9.17, 15) is 14.3 Å². The molecule has 3 aromatic heterocycles. The van der Waals surface area contributed by atoms with E-state index < -0.39 is 17.5 Å². The number of phenols is 1. The van der Waals surface area contributed by atoms with Crippen molar-refractivity contribution in [2.45, 2.75) is 25.4 Å². The molecule has 224 valence electrons. The maximum atomic E-state index is 14.3. The molecule has 0 amide bonds. The Hall–Kier alpha value is -4.03. The van der Waals surface area contributed by atoms with Gasteiger partial charge in [0.25, 0.3) is 0 Å². The lowest BCUT2D eigenvalue weighted by Gasteiger charge is -2.40. The Balaban J connectivity index is 0.00000184. The molecule has 1 atom stereocenters. The van der Waals surface area contributed by atoms with Crippen LogP contribution in [0.4, 0.5) is 10.2 Å². The Bertz CT molecular complexity index is 1900. The van der Waals surface area contributed by atoms with Gasteiger partial charge in [-0.15, -0.1) is 24.8 Å². The first kappa shape index (κ1) is 30.4. The van der Waals surface area contributed by atoms with Crippen molar-refractivity contribution in [1.29, 1.82) is 0 Å². The van der Waals surface area contributed by atoms with Crippen molar-refractivity contribution in [3.63, 3.8) is 0 Å². The van der Waals surface area contributed by atoms with Crippen LogP contribution in [0, 0.1) is 5.82 Å². The van der Waals surface area contributed by atoms with Gasteiger partial charge in [0.15, 0.2) is 5.65 Å². The molecule has 0 spiro atoms. The molecule has 7 rings (SSSR count). The van der Waals surface area contributed by atoms with E-state index in [0.29, 0.717) is 39.5 Å². The number of fused-ring (bicyclic) bond motifs is 2. The molecule has 2 aliphatic rings. The summed E-state index contributed by atoms with van der Waals surface area (Å²) in [6, 6.07) is 11.0. The first-order valence-electron chi connectivity index (χ1n) is 13.6. The van der Waals surface area contributed by atoms with Crippen molar-refractivity contribution in [1.82, 2.24) is 30.0 Å². The zero-order chi connectivity index (χ0) is 28.2. The second kappa shape index (κ2) is 11.9. The number of halogens is 3. The van der Waals surface area contributed by atoms with E-state index in [2.05, 4.69) is 26.3 Å². The standard InChI is InChI=1S/C30H28FN7O3.2ClH/c1-16(38-29-25(28(32)34-15-35-29)26(36-38)18-9-19(31)11-21(39)10-18)27-24(22-6-2-3-7-23(22)30(40)41-27)17-5-4-8-37(14-17)20-12-33-13-20;;/h2-3,5-7,9-11,15-16,20,33,39H,4,8,12-14H2,1H3,(H2,32,34,35);2*1H. The summed E-state index contributed by atoms with van der Waals surface area (Å²) in [6.45, 7) is 5.50. The third-order valence-corrected chi connectivity index (χ3v) is 8.06. The number of aromatic hydroxyl groups is 1. The number of anilines is 1. The van der Waals surface area contributed by atoms with Gasteiger partial charge in [0.2, 0.25) is 0 Å². The normalized spacial score (nSPS) is 16.3. The first-order valence-corrected chi connectivity index (χ1v) is 13.6. The van der Waals surface area contributed by atoms with Crippen molar-refractivity contribution < 1.29 is 13.9 Å². The number of nitrogens with zero attached hydrogens (tertiary/aromatic N) is 5. The Morgan fingerprint density at radius 2 is 1.91 bits per heavy atom. The molecule has 5 heterocycles. The lowest BCUT2D eigenvalue weighted by atomic mass is 9.92. The molecule has 5 aromatic rings. The quantitative estimate of drug-likeness (QED) is 0.257. The molecule has 0 bridgehead atoms. The maximum Gasteiger partial charge on any atom is 0.343 e. The number of rotatable bonds is 5. The number of phenolic OH excluding ortho intramolecular Hbond substituents is 1. The Morgan fingerprint density at radius 3 is 2.63 bits per heavy atom. The summed E-state index contributed by atoms with van der Waals surface area (Å²) in [4.78, 5) is 24.3. The fourth-order valence-electron chi connectivity index (χ4n) is 5.92. The largest absolute Gasteiger partial charge is 0.508 e. The highest BCUT2D eigenvalue weighted by Gasteiger charge is 2.31. The van der Waals surface area contributed by atoms with Crippen LogP contribution in [0.15, 0.2) is 64.1 Å². The third kappa shape index (κ3) is 5.22. The van der Waals surface area contributed by atoms with Crippen LogP contribution in [0.1, 0.15) is 30.7 Å². The fourth-order valence-corrected chi connectivity index (χ4v) is 5.92. The molecule has 0 saturated carbocycles. The summed E-state index contributed by atoms with van der Waals surface area (Å²) in [6.07, 6.45) is 4.44. The zero-order valence-electron chi connectivity index (χ0n) is 23.2. The van der Waals surface area contributed by atoms with Crippen molar-refractivity contribution >= 4 is 58.0 Å². The average Bonchev–Trinajstić information content (AvgIpc) is 3.32. The molecular weight excluding hydrogens is 596 g/mol. The predicted octanol–water partition coefficient (Wildman–Crippen LogP) is 4.54. The van der Waals surface area contributed by atoms with E-state index in [1.807, 2.05) is 25.1 Å². The number of hydrogen-bond acceptors (Lipinski definition) is 9. The minimum absolute atomic E-state index is 0. The summed E-state index contributed by atoms with van der Waals surface area (Å²) in [7, 11) is 0. The molecule has 10 nitrogen and oxygen atoms in total. The van der Waals surface area contributed by atoms with E-state index in [0.717, 1.165) is 55.2 Å². The lowest BCUT2D eigenvalue weighted by Crippen LogP contribution is -2.58. The van der Waals surface area contributed by atoms with Gasteiger partial charge >= 0.3 is 5.63 Å². The van der Waals surface area contributed by atoms with Crippen LogP contribution < -0.4 is 16.7 Å². The minimum Gasteiger partial charge on any atom is -0.508 e. The van der Waals surface area contributed by atoms with E-state index in [1.165, 1.54) is 18.5 Å². The van der Waals surface area contributed by atoms with Gasteiger partial charge in [0.1, 0.15) is 41.2 Å². The van der Waals surface area contributed by atoms with Crippen LogP contribution in [0.25, 0.3) is 38.6 Å². The van der Waals surface area contributed by atoms with Gasteiger partial charge in [0.05, 0.1) is 10.8 Å². The lowest BCUT2D eigenvalue weighted by molar-refractivity contribution is 0.162. The first-order chi connectivity index (χ1) is 19.9. The molecule has 4 N–H and O–H groups in total. The molecule has 0 aliphatic carbocycles. The second-order valence-corrected chi connectivity index (χ2v) is 10.6. The van der Waals surface area contributed by atoms with E-state index in [4.69, 9.17) is 15.2 Å². The van der Waals surface area contributed by atoms with Crippen molar-refractivity contribution in [3.05, 3.63) is 82.4 Å². The van der Waals surface area contributed by atoms with Crippen molar-refractivity contribution in [3.8, 4) is 17.0 Å². The van der Waals surface area contributed by atoms with Gasteiger partial charge in [-0.2, -0.15) is 5.10 Å². The summed E-state index contributed by atoms with van der Waals surface area (Å²) < 4.78 is 22.0. The smallest absolute Gasteiger partial charge is 0.343 e. The van der Waals surface area contributed by atoms with Crippen LogP contribution in [0.5, 0.6) is 5.75 Å². The van der Waals surface area contributed by atoms with Gasteiger partial charge < -0.3 is 20.6 Å². The van der Waals surface area contributed by atoms with Gasteiger partial charge in [-0.25, -0.2) is 23.8 Å². The molecule has 0 radical (unpaired) electrons. The van der Waals surface area contributed by atoms with Crippen LogP contribution in [-0.2, 0) is 0 Å². The summed E-state index contributed by atoms with van der Waals surface area (Å²) >= 11 is 0. The van der Waals surface area contributed by atoms with Gasteiger partial charge in [0, 0.05) is 49.4 Å². The van der Waals surface area contributed by atoms with Crippen LogP contribution in [0.3, 0.4) is 0 Å². The molecule has 1 saturated heterocycles.